The Labute approximate surface area is 163 Å². The highest BCUT2D eigenvalue weighted by molar-refractivity contribution is 7.89. The van der Waals surface area contributed by atoms with E-state index in [2.05, 4.69) is 9.71 Å². The molecule has 0 unspecified atom stereocenters. The van der Waals surface area contributed by atoms with Crippen LogP contribution in [0.3, 0.4) is 0 Å². The molecule has 1 N–H and O–H groups in total. The molecule has 0 bridgehead atoms. The van der Waals surface area contributed by atoms with Crippen molar-refractivity contribution < 1.29 is 12.8 Å². The molecule has 3 rings (SSSR count). The van der Waals surface area contributed by atoms with Crippen LogP contribution in [0.2, 0.25) is 5.02 Å². The Balaban J connectivity index is 1.64. The molecule has 0 aliphatic carbocycles. The van der Waals surface area contributed by atoms with E-state index in [4.69, 9.17) is 16.0 Å². The smallest absolute Gasteiger partial charge is 0.240 e. The molecule has 140 valence electrons. The van der Waals surface area contributed by atoms with Crippen LogP contribution in [0.4, 0.5) is 5.69 Å². The number of nitrogens with zero attached hydrogens (tertiary/aromatic N) is 1. The summed E-state index contributed by atoms with van der Waals surface area (Å²) in [6.45, 7) is 4.13. The fraction of sp³-hybridized carbons (Fsp3) is 0.150. The van der Waals surface area contributed by atoms with Gasteiger partial charge in [0.2, 0.25) is 10.0 Å². The molecule has 1 aromatic heterocycles. The van der Waals surface area contributed by atoms with Crippen LogP contribution in [0.15, 0.2) is 68.9 Å². The zero-order valence-corrected chi connectivity index (χ0v) is 16.5. The number of sulfonamides is 1. The topological polar surface area (TPSA) is 71.7 Å². The summed E-state index contributed by atoms with van der Waals surface area (Å²) < 4.78 is 32.7. The number of rotatable bonds is 6. The molecule has 0 aliphatic heterocycles. The van der Waals surface area contributed by atoms with Gasteiger partial charge >= 0.3 is 0 Å². The second-order valence-corrected chi connectivity index (χ2v) is 8.31. The molecule has 1 heterocycles. The van der Waals surface area contributed by atoms with E-state index in [1.807, 2.05) is 32.0 Å². The molecule has 0 atom stereocenters. The maximum Gasteiger partial charge on any atom is 0.240 e. The predicted molar refractivity (Wildman–Crippen MR) is 107 cm³/mol. The number of hydrogen-bond donors (Lipinski definition) is 1. The van der Waals surface area contributed by atoms with E-state index >= 15 is 0 Å². The van der Waals surface area contributed by atoms with Crippen LogP contribution in [0.5, 0.6) is 0 Å². The molecule has 0 saturated heterocycles. The number of benzene rings is 2. The molecule has 3 aromatic rings. The number of furan rings is 1. The molecule has 7 heteroatoms. The van der Waals surface area contributed by atoms with Crippen LogP contribution < -0.4 is 4.72 Å². The van der Waals surface area contributed by atoms with Crippen molar-refractivity contribution >= 4 is 33.5 Å². The molecular formula is C20H19ClN2O3S. The maximum atomic E-state index is 12.3. The SMILES string of the molecule is Cc1ccc(N=Cc2ccc(CNS(=O)(=O)c3ccc(Cl)cc3)o2)cc1C. The Morgan fingerprint density at radius 3 is 2.48 bits per heavy atom. The Kier molecular flexibility index (Phi) is 5.79. The lowest BCUT2D eigenvalue weighted by molar-refractivity contribution is 0.494. The highest BCUT2D eigenvalue weighted by Gasteiger charge is 2.14. The van der Waals surface area contributed by atoms with E-state index in [1.54, 1.807) is 18.3 Å². The van der Waals surface area contributed by atoms with Gasteiger partial charge in [0.1, 0.15) is 11.5 Å². The van der Waals surface area contributed by atoms with Crippen LogP contribution in [0.25, 0.3) is 0 Å². The number of aryl methyl sites for hydroxylation is 2. The maximum absolute atomic E-state index is 12.3. The average molecular weight is 403 g/mol. The zero-order valence-electron chi connectivity index (χ0n) is 14.9. The summed E-state index contributed by atoms with van der Waals surface area (Å²) in [5.74, 6) is 1.04. The number of aliphatic imine (C=N–C) groups is 1. The first-order chi connectivity index (χ1) is 12.8. The second-order valence-electron chi connectivity index (χ2n) is 6.11. The van der Waals surface area contributed by atoms with Gasteiger partial charge in [-0.05, 0) is 73.5 Å². The summed E-state index contributed by atoms with van der Waals surface area (Å²) in [6.07, 6.45) is 1.61. The first kappa shape index (κ1) is 19.4. The summed E-state index contributed by atoms with van der Waals surface area (Å²) in [4.78, 5) is 4.53. The number of nitrogens with one attached hydrogen (secondary N) is 1. The molecule has 0 amide bonds. The summed E-state index contributed by atoms with van der Waals surface area (Å²) in [7, 11) is -3.63. The van der Waals surface area contributed by atoms with Crippen molar-refractivity contribution in [2.45, 2.75) is 25.3 Å². The van der Waals surface area contributed by atoms with Crippen LogP contribution in [0, 0.1) is 13.8 Å². The largest absolute Gasteiger partial charge is 0.459 e. The van der Waals surface area contributed by atoms with E-state index in [1.165, 1.54) is 35.4 Å². The minimum absolute atomic E-state index is 0.0441. The fourth-order valence-corrected chi connectivity index (χ4v) is 3.49. The first-order valence-corrected chi connectivity index (χ1v) is 10.1. The zero-order chi connectivity index (χ0) is 19.4. The molecule has 27 heavy (non-hydrogen) atoms. The Morgan fingerprint density at radius 1 is 1.04 bits per heavy atom. The van der Waals surface area contributed by atoms with E-state index < -0.39 is 10.0 Å². The van der Waals surface area contributed by atoms with Gasteiger partial charge in [0.25, 0.3) is 0 Å². The minimum Gasteiger partial charge on any atom is -0.459 e. The molecule has 0 fully saturated rings. The van der Waals surface area contributed by atoms with Crippen LogP contribution in [-0.2, 0) is 16.6 Å². The Bertz CT molecular complexity index is 1070. The van der Waals surface area contributed by atoms with Crippen LogP contribution >= 0.6 is 11.6 Å². The predicted octanol–water partition coefficient (Wildman–Crippen LogP) is 4.78. The van der Waals surface area contributed by atoms with E-state index in [-0.39, 0.29) is 11.4 Å². The summed E-state index contributed by atoms with van der Waals surface area (Å²) in [5, 5.41) is 0.479. The standard InChI is InChI=1S/C20H19ClN2O3S/c1-14-3-6-17(11-15(14)2)22-12-18-7-8-19(26-18)13-23-27(24,25)20-9-4-16(21)5-10-20/h3-12,23H,13H2,1-2H3. The van der Waals surface area contributed by atoms with Crippen LogP contribution in [-0.4, -0.2) is 14.6 Å². The third-order valence-electron chi connectivity index (χ3n) is 4.07. The lowest BCUT2D eigenvalue weighted by Crippen LogP contribution is -2.22. The monoisotopic (exact) mass is 402 g/mol. The van der Waals surface area contributed by atoms with E-state index in [9.17, 15) is 8.42 Å². The van der Waals surface area contributed by atoms with Crippen molar-refractivity contribution in [3.63, 3.8) is 0 Å². The first-order valence-electron chi connectivity index (χ1n) is 8.29. The van der Waals surface area contributed by atoms with Gasteiger partial charge in [-0.15, -0.1) is 0 Å². The van der Waals surface area contributed by atoms with Crippen molar-refractivity contribution in [3.8, 4) is 0 Å². The summed E-state index contributed by atoms with van der Waals surface area (Å²) in [5.41, 5.74) is 3.21. The minimum atomic E-state index is -3.63. The Morgan fingerprint density at radius 2 is 1.78 bits per heavy atom. The number of hydrogen-bond acceptors (Lipinski definition) is 4. The average Bonchev–Trinajstić information content (AvgIpc) is 3.09. The van der Waals surface area contributed by atoms with Gasteiger partial charge in [0, 0.05) is 5.02 Å². The van der Waals surface area contributed by atoms with Crippen molar-refractivity contribution in [2.75, 3.05) is 0 Å². The molecule has 0 aliphatic rings. The molecule has 5 nitrogen and oxygen atoms in total. The van der Waals surface area contributed by atoms with Gasteiger partial charge in [0.15, 0.2) is 0 Å². The lowest BCUT2D eigenvalue weighted by atomic mass is 10.1. The molecule has 0 spiro atoms. The highest BCUT2D eigenvalue weighted by Crippen LogP contribution is 2.18. The lowest BCUT2D eigenvalue weighted by Gasteiger charge is -2.05. The van der Waals surface area contributed by atoms with Crippen molar-refractivity contribution in [2.24, 2.45) is 4.99 Å². The Hall–Kier alpha value is -2.41. The third kappa shape index (κ3) is 5.07. The molecule has 0 saturated carbocycles. The van der Waals surface area contributed by atoms with Gasteiger partial charge in [-0.1, -0.05) is 17.7 Å². The molecule has 2 aromatic carbocycles. The van der Waals surface area contributed by atoms with Crippen molar-refractivity contribution in [3.05, 3.63) is 82.3 Å². The van der Waals surface area contributed by atoms with Crippen molar-refractivity contribution in [1.82, 2.24) is 4.72 Å². The van der Waals surface area contributed by atoms with Gasteiger partial charge in [-0.2, -0.15) is 0 Å². The van der Waals surface area contributed by atoms with E-state index in [0.29, 0.717) is 16.5 Å². The van der Waals surface area contributed by atoms with E-state index in [0.717, 1.165) is 5.69 Å². The highest BCUT2D eigenvalue weighted by atomic mass is 35.5. The van der Waals surface area contributed by atoms with Crippen LogP contribution in [0.1, 0.15) is 22.6 Å². The second kappa shape index (κ2) is 8.08. The third-order valence-corrected chi connectivity index (χ3v) is 5.74. The number of halogens is 1. The quantitative estimate of drug-likeness (QED) is 0.603. The van der Waals surface area contributed by atoms with Crippen molar-refractivity contribution in [1.29, 1.82) is 0 Å². The summed E-state index contributed by atoms with van der Waals surface area (Å²) >= 11 is 5.79. The molecular weight excluding hydrogens is 384 g/mol. The van der Waals surface area contributed by atoms with Gasteiger partial charge in [-0.25, -0.2) is 13.1 Å². The van der Waals surface area contributed by atoms with Gasteiger partial charge in [-0.3, -0.25) is 4.99 Å². The summed E-state index contributed by atoms with van der Waals surface area (Å²) in [6, 6.07) is 15.4. The normalized spacial score (nSPS) is 12.0. The molecule has 0 radical (unpaired) electrons. The fourth-order valence-electron chi connectivity index (χ4n) is 2.37. The van der Waals surface area contributed by atoms with Gasteiger partial charge < -0.3 is 4.42 Å². The van der Waals surface area contributed by atoms with Gasteiger partial charge in [0.05, 0.1) is 23.3 Å².